The second-order valence-electron chi connectivity index (χ2n) is 13.1. The van der Waals surface area contributed by atoms with E-state index in [0.717, 1.165) is 60.8 Å². The van der Waals surface area contributed by atoms with E-state index in [9.17, 15) is 0 Å². The number of fused-ring (bicyclic) bond motifs is 4. The zero-order chi connectivity index (χ0) is 35.1. The number of hydrogen-bond acceptors (Lipinski definition) is 5. The fourth-order valence-electron chi connectivity index (χ4n) is 7.03. The van der Waals surface area contributed by atoms with Gasteiger partial charge in [-0.15, -0.1) is 0 Å². The number of oxazole rings is 1. The predicted molar refractivity (Wildman–Crippen MR) is 215 cm³/mol. The molecule has 2 aromatic heterocycles. The molecule has 0 saturated heterocycles. The van der Waals surface area contributed by atoms with E-state index in [1.54, 1.807) is 0 Å². The number of benzene rings is 8. The van der Waals surface area contributed by atoms with Gasteiger partial charge >= 0.3 is 0 Å². The van der Waals surface area contributed by atoms with Crippen LogP contribution in [0.4, 0.5) is 0 Å². The van der Waals surface area contributed by atoms with Crippen molar-refractivity contribution in [2.24, 2.45) is 0 Å². The topological polar surface area (TPSA) is 64.7 Å². The first kappa shape index (κ1) is 30.6. The fourth-order valence-corrected chi connectivity index (χ4v) is 7.03. The summed E-state index contributed by atoms with van der Waals surface area (Å²) in [6, 6.07) is 62.5. The van der Waals surface area contributed by atoms with E-state index in [2.05, 4.69) is 115 Å². The summed E-state index contributed by atoms with van der Waals surface area (Å²) in [5, 5.41) is 4.58. The highest BCUT2D eigenvalue weighted by atomic mass is 16.3. The van der Waals surface area contributed by atoms with Crippen molar-refractivity contribution < 1.29 is 4.42 Å². The number of nitrogens with zero attached hydrogens (tertiary/aromatic N) is 4. The highest BCUT2D eigenvalue weighted by Gasteiger charge is 2.16. The van der Waals surface area contributed by atoms with Crippen LogP contribution in [0.1, 0.15) is 0 Å². The SMILES string of the molecule is c1ccc(-c2nc(-c3ccc(-c4ccc5ccccc5c4)cc3)nc(-c3ccc(-c4cccc5ccc6nc(-c7ccccc7)oc6c45)cc3)n2)cc1. The van der Waals surface area contributed by atoms with Gasteiger partial charge in [0.2, 0.25) is 5.89 Å². The molecular formula is C48H30N4O. The van der Waals surface area contributed by atoms with E-state index in [1.165, 1.54) is 16.3 Å². The number of hydrogen-bond donors (Lipinski definition) is 0. The van der Waals surface area contributed by atoms with Gasteiger partial charge < -0.3 is 4.42 Å². The van der Waals surface area contributed by atoms with Gasteiger partial charge in [0.05, 0.1) is 0 Å². The molecule has 0 spiro atoms. The van der Waals surface area contributed by atoms with Gasteiger partial charge in [-0.3, -0.25) is 0 Å². The summed E-state index contributed by atoms with van der Waals surface area (Å²) in [4.78, 5) is 19.8. The minimum atomic E-state index is 0.612. The Morgan fingerprint density at radius 3 is 1.51 bits per heavy atom. The van der Waals surface area contributed by atoms with Crippen molar-refractivity contribution in [3.05, 3.63) is 182 Å². The molecule has 0 amide bonds. The maximum absolute atomic E-state index is 6.44. The van der Waals surface area contributed by atoms with Crippen molar-refractivity contribution in [1.29, 1.82) is 0 Å². The van der Waals surface area contributed by atoms with Crippen LogP contribution in [0.2, 0.25) is 0 Å². The van der Waals surface area contributed by atoms with Crippen LogP contribution in [0.25, 0.3) is 101 Å². The molecule has 5 nitrogen and oxygen atoms in total. The van der Waals surface area contributed by atoms with Crippen LogP contribution in [0.3, 0.4) is 0 Å². The molecule has 0 aliphatic heterocycles. The average molecular weight is 679 g/mol. The van der Waals surface area contributed by atoms with E-state index < -0.39 is 0 Å². The van der Waals surface area contributed by atoms with Crippen LogP contribution in [-0.4, -0.2) is 19.9 Å². The Bertz CT molecular complexity index is 2920. The van der Waals surface area contributed by atoms with Crippen molar-refractivity contribution in [2.45, 2.75) is 0 Å². The van der Waals surface area contributed by atoms with Gasteiger partial charge in [0, 0.05) is 27.6 Å². The first-order valence-electron chi connectivity index (χ1n) is 17.6. The minimum absolute atomic E-state index is 0.612. The van der Waals surface area contributed by atoms with Crippen molar-refractivity contribution >= 4 is 32.6 Å². The first-order valence-corrected chi connectivity index (χ1v) is 17.6. The molecule has 0 radical (unpaired) electrons. The maximum atomic E-state index is 6.44. The molecule has 0 bridgehead atoms. The molecule has 248 valence electrons. The Balaban J connectivity index is 1.03. The molecule has 0 unspecified atom stereocenters. The summed E-state index contributed by atoms with van der Waals surface area (Å²) in [7, 11) is 0. The third-order valence-corrected chi connectivity index (χ3v) is 9.77. The summed E-state index contributed by atoms with van der Waals surface area (Å²) >= 11 is 0. The zero-order valence-corrected chi connectivity index (χ0v) is 28.5. The third kappa shape index (κ3) is 5.71. The fraction of sp³-hybridized carbons (Fsp3) is 0. The quantitative estimate of drug-likeness (QED) is 0.175. The monoisotopic (exact) mass is 678 g/mol. The lowest BCUT2D eigenvalue weighted by Crippen LogP contribution is -2.00. The lowest BCUT2D eigenvalue weighted by atomic mass is 9.96. The smallest absolute Gasteiger partial charge is 0.227 e. The molecule has 0 fully saturated rings. The molecule has 10 aromatic rings. The van der Waals surface area contributed by atoms with E-state index in [1.807, 2.05) is 66.7 Å². The molecular weight excluding hydrogens is 649 g/mol. The molecule has 0 atom stereocenters. The van der Waals surface area contributed by atoms with Crippen molar-refractivity contribution in [3.63, 3.8) is 0 Å². The molecule has 8 aromatic carbocycles. The second kappa shape index (κ2) is 12.8. The lowest BCUT2D eigenvalue weighted by Gasteiger charge is -2.11. The van der Waals surface area contributed by atoms with Gasteiger partial charge in [0.25, 0.3) is 0 Å². The van der Waals surface area contributed by atoms with Crippen molar-refractivity contribution in [2.75, 3.05) is 0 Å². The molecule has 0 aliphatic rings. The van der Waals surface area contributed by atoms with E-state index in [4.69, 9.17) is 24.4 Å². The number of rotatable bonds is 6. The van der Waals surface area contributed by atoms with Gasteiger partial charge in [0.15, 0.2) is 23.1 Å². The third-order valence-electron chi connectivity index (χ3n) is 9.77. The molecule has 53 heavy (non-hydrogen) atoms. The molecule has 0 N–H and O–H groups in total. The van der Waals surface area contributed by atoms with Crippen LogP contribution in [-0.2, 0) is 0 Å². The summed E-state index contributed by atoms with van der Waals surface area (Å²) in [5.74, 6) is 2.48. The van der Waals surface area contributed by atoms with Crippen LogP contribution >= 0.6 is 0 Å². The van der Waals surface area contributed by atoms with E-state index in [-0.39, 0.29) is 0 Å². The summed E-state index contributed by atoms with van der Waals surface area (Å²) in [6.07, 6.45) is 0. The summed E-state index contributed by atoms with van der Waals surface area (Å²) in [6.45, 7) is 0. The van der Waals surface area contributed by atoms with Gasteiger partial charge in [-0.05, 0) is 62.7 Å². The molecule has 10 rings (SSSR count). The van der Waals surface area contributed by atoms with Crippen LogP contribution in [0.5, 0.6) is 0 Å². The van der Waals surface area contributed by atoms with Gasteiger partial charge in [-0.1, -0.05) is 158 Å². The van der Waals surface area contributed by atoms with Crippen LogP contribution in [0.15, 0.2) is 186 Å². The predicted octanol–water partition coefficient (Wildman–Crippen LogP) is 12.3. The molecule has 2 heterocycles. The number of aromatic nitrogens is 4. The first-order chi connectivity index (χ1) is 26.2. The second-order valence-corrected chi connectivity index (χ2v) is 13.1. The van der Waals surface area contributed by atoms with Crippen molar-refractivity contribution in [3.8, 4) is 67.9 Å². The normalized spacial score (nSPS) is 11.4. The molecule has 0 saturated carbocycles. The van der Waals surface area contributed by atoms with Crippen LogP contribution < -0.4 is 0 Å². The van der Waals surface area contributed by atoms with E-state index in [0.29, 0.717) is 23.4 Å². The largest absolute Gasteiger partial charge is 0.435 e. The van der Waals surface area contributed by atoms with Gasteiger partial charge in [-0.2, -0.15) is 0 Å². The maximum Gasteiger partial charge on any atom is 0.227 e. The van der Waals surface area contributed by atoms with E-state index >= 15 is 0 Å². The summed E-state index contributed by atoms with van der Waals surface area (Å²) in [5.41, 5.74) is 9.76. The Morgan fingerprint density at radius 1 is 0.321 bits per heavy atom. The summed E-state index contributed by atoms with van der Waals surface area (Å²) < 4.78 is 6.44. The lowest BCUT2D eigenvalue weighted by molar-refractivity contribution is 0.623. The minimum Gasteiger partial charge on any atom is -0.435 e. The Kier molecular flexibility index (Phi) is 7.40. The van der Waals surface area contributed by atoms with Crippen molar-refractivity contribution in [1.82, 2.24) is 19.9 Å². The van der Waals surface area contributed by atoms with Gasteiger partial charge in [0.1, 0.15) is 5.52 Å². The highest BCUT2D eigenvalue weighted by Crippen LogP contribution is 2.37. The Hall–Kier alpha value is -7.24. The Labute approximate surface area is 305 Å². The molecule has 5 heteroatoms. The Morgan fingerprint density at radius 2 is 0.830 bits per heavy atom. The standard InChI is InChI=1S/C48H30N4O/c1-3-11-35(12-4-1)45-50-46(36-23-18-32(19-24-36)40-27-20-31-10-7-8-15-39(31)30-40)52-47(51-45)37-25-21-33(22-26-37)41-17-9-16-34-28-29-42-44(43(34)41)53-48(49-42)38-13-5-2-6-14-38/h1-30H. The molecule has 0 aliphatic carbocycles. The van der Waals surface area contributed by atoms with Crippen LogP contribution in [0, 0.1) is 0 Å². The average Bonchev–Trinajstić information content (AvgIpc) is 3.69. The van der Waals surface area contributed by atoms with Gasteiger partial charge in [-0.25, -0.2) is 19.9 Å². The highest BCUT2D eigenvalue weighted by molar-refractivity contribution is 6.11. The zero-order valence-electron chi connectivity index (χ0n) is 28.5.